The first-order valence-electron chi connectivity index (χ1n) is 8.53. The van der Waals surface area contributed by atoms with Gasteiger partial charge in [-0.3, -0.25) is 0 Å². The van der Waals surface area contributed by atoms with Gasteiger partial charge in [0, 0.05) is 4.88 Å². The molecule has 3 aromatic rings. The molecule has 0 atom stereocenters. The molecule has 3 nitrogen and oxygen atoms in total. The Kier molecular flexibility index (Phi) is 4.58. The maximum atomic E-state index is 9.99. The molecular formula is C23H15N3S. The monoisotopic (exact) mass is 365 g/mol. The van der Waals surface area contributed by atoms with Crippen LogP contribution >= 0.6 is 11.3 Å². The molecule has 1 N–H and O–H groups in total. The Morgan fingerprint density at radius 2 is 1.22 bits per heavy atom. The second-order valence-electron chi connectivity index (χ2n) is 6.11. The topological polar surface area (TPSA) is 59.6 Å². The van der Waals surface area contributed by atoms with Crippen molar-refractivity contribution in [3.63, 3.8) is 0 Å². The minimum atomic E-state index is -0.369. The lowest BCUT2D eigenvalue weighted by Crippen LogP contribution is -2.24. The van der Waals surface area contributed by atoms with Gasteiger partial charge in [-0.2, -0.15) is 10.5 Å². The molecule has 2 heterocycles. The van der Waals surface area contributed by atoms with Gasteiger partial charge < -0.3 is 5.32 Å². The molecule has 1 aliphatic heterocycles. The minimum absolute atomic E-state index is 0.369. The van der Waals surface area contributed by atoms with E-state index in [2.05, 4.69) is 17.5 Å². The van der Waals surface area contributed by atoms with E-state index in [-0.39, 0.29) is 5.92 Å². The normalized spacial score (nSPS) is 14.4. The average Bonchev–Trinajstić information content (AvgIpc) is 3.28. The number of hydrogen-bond donors (Lipinski definition) is 1. The molecule has 1 aliphatic rings. The molecule has 27 heavy (non-hydrogen) atoms. The smallest absolute Gasteiger partial charge is 0.0979 e. The molecule has 4 rings (SSSR count). The van der Waals surface area contributed by atoms with Crippen LogP contribution < -0.4 is 5.32 Å². The van der Waals surface area contributed by atoms with E-state index in [9.17, 15) is 10.5 Å². The zero-order valence-electron chi connectivity index (χ0n) is 14.4. The number of benzene rings is 2. The summed E-state index contributed by atoms with van der Waals surface area (Å²) in [5, 5.41) is 25.4. The molecule has 1 aromatic heterocycles. The van der Waals surface area contributed by atoms with Crippen molar-refractivity contribution < 1.29 is 0 Å². The third-order valence-corrected chi connectivity index (χ3v) is 5.50. The summed E-state index contributed by atoms with van der Waals surface area (Å²) in [5.41, 5.74) is 4.52. The van der Waals surface area contributed by atoms with Gasteiger partial charge in [-0.25, -0.2) is 0 Å². The summed E-state index contributed by atoms with van der Waals surface area (Å²) in [6.07, 6.45) is 0. The van der Waals surface area contributed by atoms with Gasteiger partial charge in [-0.05, 0) is 22.6 Å². The lowest BCUT2D eigenvalue weighted by Gasteiger charge is -2.28. The number of allylic oxidation sites excluding steroid dienone is 2. The van der Waals surface area contributed by atoms with Crippen LogP contribution in [0.2, 0.25) is 0 Å². The maximum Gasteiger partial charge on any atom is 0.0979 e. The number of nitriles is 2. The average molecular weight is 365 g/mol. The van der Waals surface area contributed by atoms with Gasteiger partial charge in [-0.1, -0.05) is 66.7 Å². The van der Waals surface area contributed by atoms with Crippen molar-refractivity contribution in [2.45, 2.75) is 5.92 Å². The molecule has 0 spiro atoms. The lowest BCUT2D eigenvalue weighted by molar-refractivity contribution is 0.957. The Hall–Kier alpha value is -3.60. The summed E-state index contributed by atoms with van der Waals surface area (Å²) in [5.74, 6) is -0.369. The fraction of sp³-hybridized carbons (Fsp3) is 0.0435. The van der Waals surface area contributed by atoms with Crippen molar-refractivity contribution in [3.05, 3.63) is 105 Å². The molecule has 4 heteroatoms. The molecule has 0 unspecified atom stereocenters. The SMILES string of the molecule is N#CC1=C(c2ccccc2)NC(c2ccccc2)=C(C#N)C1c1cccs1. The fourth-order valence-electron chi connectivity index (χ4n) is 3.34. The molecule has 0 saturated heterocycles. The Labute approximate surface area is 162 Å². The quantitative estimate of drug-likeness (QED) is 0.685. The van der Waals surface area contributed by atoms with Crippen LogP contribution in [-0.4, -0.2) is 0 Å². The summed E-state index contributed by atoms with van der Waals surface area (Å²) in [7, 11) is 0. The van der Waals surface area contributed by atoms with Crippen LogP contribution in [0.5, 0.6) is 0 Å². The molecular weight excluding hydrogens is 350 g/mol. The van der Waals surface area contributed by atoms with Crippen LogP contribution in [0, 0.1) is 22.7 Å². The Bertz CT molecular complexity index is 1020. The zero-order chi connectivity index (χ0) is 18.6. The van der Waals surface area contributed by atoms with Gasteiger partial charge in [0.1, 0.15) is 0 Å². The van der Waals surface area contributed by atoms with Crippen molar-refractivity contribution in [1.29, 1.82) is 10.5 Å². The van der Waals surface area contributed by atoms with Crippen molar-refractivity contribution in [2.75, 3.05) is 0 Å². The van der Waals surface area contributed by atoms with Gasteiger partial charge in [0.2, 0.25) is 0 Å². The van der Waals surface area contributed by atoms with E-state index >= 15 is 0 Å². The molecule has 2 aromatic carbocycles. The van der Waals surface area contributed by atoms with Crippen LogP contribution in [-0.2, 0) is 0 Å². The second kappa shape index (κ2) is 7.33. The summed E-state index contributed by atoms with van der Waals surface area (Å²) in [4.78, 5) is 0.992. The number of nitrogens with one attached hydrogen (secondary N) is 1. The number of rotatable bonds is 3. The van der Waals surface area contributed by atoms with Gasteiger partial charge in [0.05, 0.1) is 40.6 Å². The highest BCUT2D eigenvalue weighted by Crippen LogP contribution is 2.43. The van der Waals surface area contributed by atoms with Crippen LogP contribution in [0.15, 0.2) is 89.3 Å². The van der Waals surface area contributed by atoms with E-state index in [4.69, 9.17) is 0 Å². The van der Waals surface area contributed by atoms with E-state index in [0.29, 0.717) is 11.1 Å². The Balaban J connectivity index is 1.99. The predicted octanol–water partition coefficient (Wildman–Crippen LogP) is 5.30. The van der Waals surface area contributed by atoms with Crippen molar-refractivity contribution in [2.24, 2.45) is 0 Å². The van der Waals surface area contributed by atoms with E-state index in [1.807, 2.05) is 78.2 Å². The number of hydrogen-bond acceptors (Lipinski definition) is 4. The van der Waals surface area contributed by atoms with E-state index in [1.165, 1.54) is 0 Å². The van der Waals surface area contributed by atoms with Gasteiger partial charge in [0.25, 0.3) is 0 Å². The fourth-order valence-corrected chi connectivity index (χ4v) is 4.18. The first-order valence-corrected chi connectivity index (χ1v) is 9.41. The Morgan fingerprint density at radius 3 is 1.63 bits per heavy atom. The Morgan fingerprint density at radius 1 is 0.704 bits per heavy atom. The molecule has 0 amide bonds. The third kappa shape index (κ3) is 3.04. The van der Waals surface area contributed by atoms with Crippen LogP contribution in [0.25, 0.3) is 11.4 Å². The summed E-state index contributed by atoms with van der Waals surface area (Å²) in [6, 6.07) is 28.3. The van der Waals surface area contributed by atoms with Gasteiger partial charge in [0.15, 0.2) is 0 Å². The molecule has 0 aliphatic carbocycles. The predicted molar refractivity (Wildman–Crippen MR) is 108 cm³/mol. The van der Waals surface area contributed by atoms with Crippen molar-refractivity contribution in [1.82, 2.24) is 5.32 Å². The lowest BCUT2D eigenvalue weighted by atomic mass is 9.82. The summed E-state index contributed by atoms with van der Waals surface area (Å²) in [6.45, 7) is 0. The number of dihydropyridines is 1. The van der Waals surface area contributed by atoms with Crippen molar-refractivity contribution >= 4 is 22.7 Å². The summed E-state index contributed by atoms with van der Waals surface area (Å²) >= 11 is 1.56. The highest BCUT2D eigenvalue weighted by atomic mass is 32.1. The molecule has 0 radical (unpaired) electrons. The highest BCUT2D eigenvalue weighted by molar-refractivity contribution is 7.10. The van der Waals surface area contributed by atoms with Crippen LogP contribution in [0.3, 0.4) is 0 Å². The highest BCUT2D eigenvalue weighted by Gasteiger charge is 2.33. The summed E-state index contributed by atoms with van der Waals surface area (Å²) < 4.78 is 0. The van der Waals surface area contributed by atoms with E-state index < -0.39 is 0 Å². The zero-order valence-corrected chi connectivity index (χ0v) is 15.2. The van der Waals surface area contributed by atoms with E-state index in [0.717, 1.165) is 27.4 Å². The molecule has 128 valence electrons. The number of nitrogens with zero attached hydrogens (tertiary/aromatic N) is 2. The van der Waals surface area contributed by atoms with Gasteiger partial charge >= 0.3 is 0 Å². The first-order chi connectivity index (χ1) is 13.3. The largest absolute Gasteiger partial charge is 0.353 e. The molecule has 0 fully saturated rings. The standard InChI is InChI=1S/C23H15N3S/c24-14-18-21(20-12-7-13-27-20)19(15-25)23(17-10-5-2-6-11-17)26-22(18)16-8-3-1-4-9-16/h1-13,21,26H. The van der Waals surface area contributed by atoms with Crippen LogP contribution in [0.1, 0.15) is 21.9 Å². The first kappa shape index (κ1) is 16.8. The minimum Gasteiger partial charge on any atom is -0.353 e. The second-order valence-corrected chi connectivity index (χ2v) is 7.09. The van der Waals surface area contributed by atoms with Crippen LogP contribution in [0.4, 0.5) is 0 Å². The third-order valence-electron chi connectivity index (χ3n) is 4.56. The molecule has 0 bridgehead atoms. The van der Waals surface area contributed by atoms with E-state index in [1.54, 1.807) is 11.3 Å². The molecule has 0 saturated carbocycles. The number of thiophene rings is 1. The van der Waals surface area contributed by atoms with Crippen molar-refractivity contribution in [3.8, 4) is 12.1 Å². The van der Waals surface area contributed by atoms with Gasteiger partial charge in [-0.15, -0.1) is 11.3 Å². The maximum absolute atomic E-state index is 9.99.